The summed E-state index contributed by atoms with van der Waals surface area (Å²) >= 11 is 1.84. The van der Waals surface area contributed by atoms with Gasteiger partial charge >= 0.3 is 0 Å². The molecule has 5 heteroatoms. The van der Waals surface area contributed by atoms with Crippen molar-refractivity contribution >= 4 is 64.1 Å². The van der Waals surface area contributed by atoms with Crippen LogP contribution in [-0.4, -0.2) is 19.5 Å². The fourth-order valence-corrected chi connectivity index (χ4v) is 9.81. The van der Waals surface area contributed by atoms with Crippen LogP contribution >= 0.6 is 11.3 Å². The summed E-state index contributed by atoms with van der Waals surface area (Å²) in [6.45, 7) is 0. The lowest BCUT2D eigenvalue weighted by molar-refractivity contribution is 1.06. The molecule has 0 aliphatic carbocycles. The zero-order valence-corrected chi connectivity index (χ0v) is 33.1. The van der Waals surface area contributed by atoms with Gasteiger partial charge in [-0.1, -0.05) is 152 Å². The van der Waals surface area contributed by atoms with Crippen LogP contribution < -0.4 is 0 Å². The number of benzene rings is 9. The van der Waals surface area contributed by atoms with E-state index in [4.69, 9.17) is 15.0 Å². The summed E-state index contributed by atoms with van der Waals surface area (Å²) in [7, 11) is 0. The third-order valence-corrected chi connectivity index (χ3v) is 12.8. The minimum Gasteiger partial charge on any atom is -0.308 e. The second kappa shape index (κ2) is 14.0. The highest BCUT2D eigenvalue weighted by Gasteiger charge is 2.21. The summed E-state index contributed by atoms with van der Waals surface area (Å²) in [5.74, 6) is 1.85. The van der Waals surface area contributed by atoms with Crippen LogP contribution in [0.1, 0.15) is 0 Å². The largest absolute Gasteiger partial charge is 0.308 e. The number of aromatic nitrogens is 4. The van der Waals surface area contributed by atoms with Gasteiger partial charge in [-0.3, -0.25) is 0 Å². The topological polar surface area (TPSA) is 43.6 Å². The lowest BCUT2D eigenvalue weighted by Crippen LogP contribution is -2.04. The molecule has 0 atom stereocenters. The van der Waals surface area contributed by atoms with Gasteiger partial charge in [0.05, 0.1) is 16.7 Å². The van der Waals surface area contributed by atoms with E-state index >= 15 is 0 Å². The van der Waals surface area contributed by atoms with Gasteiger partial charge in [0.2, 0.25) is 0 Å². The molecule has 60 heavy (non-hydrogen) atoms. The Kier molecular flexibility index (Phi) is 8.00. The fraction of sp³-hybridized carbons (Fsp3) is 0. The Morgan fingerprint density at radius 2 is 0.867 bits per heavy atom. The van der Waals surface area contributed by atoms with Crippen LogP contribution in [0.25, 0.3) is 115 Å². The molecule has 0 amide bonds. The highest BCUT2D eigenvalue weighted by Crippen LogP contribution is 2.40. The van der Waals surface area contributed by atoms with Crippen molar-refractivity contribution in [3.05, 3.63) is 206 Å². The number of nitrogens with zero attached hydrogens (tertiary/aromatic N) is 4. The summed E-state index contributed by atoms with van der Waals surface area (Å²) in [5, 5.41) is 7.38. The van der Waals surface area contributed by atoms with Crippen LogP contribution in [-0.2, 0) is 0 Å². The molecule has 4 nitrogen and oxygen atoms in total. The molecule has 9 aromatic carbocycles. The van der Waals surface area contributed by atoms with Crippen LogP contribution in [0, 0.1) is 0 Å². The highest BCUT2D eigenvalue weighted by atomic mass is 32.1. The molecule has 0 saturated carbocycles. The predicted octanol–water partition coefficient (Wildman–Crippen LogP) is 14.8. The van der Waals surface area contributed by atoms with Crippen LogP contribution in [0.15, 0.2) is 206 Å². The van der Waals surface area contributed by atoms with Gasteiger partial charge < -0.3 is 4.57 Å². The zero-order chi connectivity index (χ0) is 39.6. The number of hydrogen-bond acceptors (Lipinski definition) is 4. The van der Waals surface area contributed by atoms with Gasteiger partial charge in [-0.25, -0.2) is 15.0 Å². The molecule has 0 bridgehead atoms. The van der Waals surface area contributed by atoms with Crippen molar-refractivity contribution in [3.8, 4) is 62.1 Å². The van der Waals surface area contributed by atoms with Gasteiger partial charge in [0, 0.05) is 47.6 Å². The number of rotatable bonds is 6. The van der Waals surface area contributed by atoms with E-state index in [0.29, 0.717) is 17.5 Å². The van der Waals surface area contributed by atoms with Gasteiger partial charge in [-0.2, -0.15) is 0 Å². The summed E-state index contributed by atoms with van der Waals surface area (Å²) in [6.07, 6.45) is 0. The molecule has 12 aromatic rings. The molecular formula is C55H34N4S. The van der Waals surface area contributed by atoms with Crippen molar-refractivity contribution in [1.82, 2.24) is 19.5 Å². The van der Waals surface area contributed by atoms with Crippen molar-refractivity contribution in [1.29, 1.82) is 0 Å². The van der Waals surface area contributed by atoms with E-state index in [9.17, 15) is 0 Å². The molecule has 0 fully saturated rings. The molecule has 12 rings (SSSR count). The molecule has 0 spiro atoms. The number of hydrogen-bond donors (Lipinski definition) is 0. The van der Waals surface area contributed by atoms with E-state index in [2.05, 4.69) is 193 Å². The van der Waals surface area contributed by atoms with Gasteiger partial charge in [0.25, 0.3) is 0 Å². The lowest BCUT2D eigenvalue weighted by atomic mass is 9.98. The Bertz CT molecular complexity index is 3570. The van der Waals surface area contributed by atoms with E-state index in [1.807, 2.05) is 29.5 Å². The van der Waals surface area contributed by atoms with Crippen molar-refractivity contribution in [3.63, 3.8) is 0 Å². The zero-order valence-electron chi connectivity index (χ0n) is 32.3. The molecule has 0 aliphatic rings. The number of thiophene rings is 1. The monoisotopic (exact) mass is 782 g/mol. The molecule has 3 heterocycles. The Labute approximate surface area is 350 Å². The smallest absolute Gasteiger partial charge is 0.166 e. The normalized spacial score (nSPS) is 11.7. The van der Waals surface area contributed by atoms with Crippen LogP contribution in [0.4, 0.5) is 0 Å². The predicted molar refractivity (Wildman–Crippen MR) is 252 cm³/mol. The van der Waals surface area contributed by atoms with Crippen molar-refractivity contribution < 1.29 is 0 Å². The molecule has 0 aliphatic heterocycles. The van der Waals surface area contributed by atoms with E-state index in [1.165, 1.54) is 41.7 Å². The maximum Gasteiger partial charge on any atom is 0.166 e. The summed E-state index contributed by atoms with van der Waals surface area (Å²) < 4.78 is 4.97. The molecule has 0 radical (unpaired) electrons. The summed E-state index contributed by atoms with van der Waals surface area (Å²) in [5.41, 5.74) is 10.5. The summed E-state index contributed by atoms with van der Waals surface area (Å²) in [4.78, 5) is 15.8. The third-order valence-electron chi connectivity index (χ3n) is 11.6. The fourth-order valence-electron chi connectivity index (χ4n) is 8.72. The van der Waals surface area contributed by atoms with Gasteiger partial charge in [-0.05, 0) is 87.6 Å². The molecule has 0 unspecified atom stereocenters. The Morgan fingerprint density at radius 3 is 1.68 bits per heavy atom. The van der Waals surface area contributed by atoms with E-state index in [0.717, 1.165) is 55.7 Å². The van der Waals surface area contributed by atoms with Gasteiger partial charge in [-0.15, -0.1) is 11.3 Å². The Hall–Kier alpha value is -7.73. The maximum atomic E-state index is 5.36. The van der Waals surface area contributed by atoms with Crippen LogP contribution in [0.2, 0.25) is 0 Å². The van der Waals surface area contributed by atoms with E-state index in [-0.39, 0.29) is 0 Å². The average molecular weight is 783 g/mol. The molecule has 0 saturated heterocycles. The first kappa shape index (κ1) is 34.3. The summed E-state index contributed by atoms with van der Waals surface area (Å²) in [6, 6.07) is 73.4. The minimum atomic E-state index is 0.609. The lowest BCUT2D eigenvalue weighted by Gasteiger charge is -2.17. The maximum absolute atomic E-state index is 5.36. The van der Waals surface area contributed by atoms with E-state index in [1.54, 1.807) is 0 Å². The minimum absolute atomic E-state index is 0.609. The van der Waals surface area contributed by atoms with E-state index < -0.39 is 0 Å². The first-order valence-corrected chi connectivity index (χ1v) is 21.0. The Balaban J connectivity index is 1.08. The molecule has 0 N–H and O–H groups in total. The standard InChI is InChI=1S/C55H34N4S/c1-2-14-36(15-3-1)53-56-54(42-18-12-17-38(32-42)40-28-30-52-47(33-40)45-21-8-11-24-51(45)60-52)58-55(57-53)46-29-27-41(39-26-25-35-13-4-5-16-37(35)31-39)34-50(46)59-48-22-9-6-19-43(48)44-20-7-10-23-49(44)59/h1-34H. The first-order chi connectivity index (χ1) is 29.7. The Morgan fingerprint density at radius 1 is 0.317 bits per heavy atom. The van der Waals surface area contributed by atoms with Gasteiger partial charge in [0.15, 0.2) is 17.5 Å². The highest BCUT2D eigenvalue weighted by molar-refractivity contribution is 7.25. The number of para-hydroxylation sites is 2. The van der Waals surface area contributed by atoms with Crippen LogP contribution in [0.3, 0.4) is 0 Å². The third kappa shape index (κ3) is 5.78. The van der Waals surface area contributed by atoms with Crippen molar-refractivity contribution in [2.24, 2.45) is 0 Å². The van der Waals surface area contributed by atoms with Crippen LogP contribution in [0.5, 0.6) is 0 Å². The first-order valence-electron chi connectivity index (χ1n) is 20.2. The molecular weight excluding hydrogens is 749 g/mol. The second-order valence-electron chi connectivity index (χ2n) is 15.2. The molecule has 3 aromatic heterocycles. The average Bonchev–Trinajstić information content (AvgIpc) is 3.87. The van der Waals surface area contributed by atoms with Gasteiger partial charge in [0.1, 0.15) is 0 Å². The number of fused-ring (bicyclic) bond motifs is 7. The quantitative estimate of drug-likeness (QED) is 0.169. The second-order valence-corrected chi connectivity index (χ2v) is 16.3. The SMILES string of the molecule is c1ccc(-c2nc(-c3cccc(-c4ccc5sc6ccccc6c5c4)c3)nc(-c3ccc(-c4ccc5ccccc5c4)cc3-n3c4ccccc4c4ccccc43)n2)cc1. The van der Waals surface area contributed by atoms with Crippen molar-refractivity contribution in [2.75, 3.05) is 0 Å². The van der Waals surface area contributed by atoms with Crippen molar-refractivity contribution in [2.45, 2.75) is 0 Å². The molecule has 280 valence electrons.